The van der Waals surface area contributed by atoms with Gasteiger partial charge in [-0.25, -0.2) is 0 Å². The molecule has 16 heavy (non-hydrogen) atoms. The summed E-state index contributed by atoms with van der Waals surface area (Å²) in [5.74, 6) is 0.253. The van der Waals surface area contributed by atoms with Crippen molar-refractivity contribution in [1.82, 2.24) is 4.90 Å². The number of benzene rings is 1. The maximum atomic E-state index is 12.1. The zero-order chi connectivity index (χ0) is 12.3. The Bertz CT molecular complexity index is 380. The Labute approximate surface area is 98.3 Å². The Morgan fingerprint density at radius 1 is 1.31 bits per heavy atom. The lowest BCUT2D eigenvalue weighted by Crippen LogP contribution is -2.46. The van der Waals surface area contributed by atoms with Crippen molar-refractivity contribution in [3.63, 3.8) is 0 Å². The molecule has 0 N–H and O–H groups in total. The molecule has 1 rings (SSSR count). The van der Waals surface area contributed by atoms with Crippen LogP contribution < -0.4 is 0 Å². The minimum atomic E-state index is -0.399. The van der Waals surface area contributed by atoms with Crippen molar-refractivity contribution in [2.45, 2.75) is 32.7 Å². The van der Waals surface area contributed by atoms with Crippen molar-refractivity contribution < 1.29 is 4.79 Å². The molecule has 2 nitrogen and oxygen atoms in total. The highest BCUT2D eigenvalue weighted by Crippen LogP contribution is 2.15. The van der Waals surface area contributed by atoms with Gasteiger partial charge in [0.2, 0.25) is 0 Å². The molecule has 88 valence electrons. The summed E-state index contributed by atoms with van der Waals surface area (Å²) >= 11 is 0. The van der Waals surface area contributed by atoms with Crippen molar-refractivity contribution in [2.24, 2.45) is 0 Å². The Morgan fingerprint density at radius 2 is 1.94 bits per heavy atom. The number of carbonyl (C=O) groups excluding carboxylic acids is 1. The number of Topliss-reactive ketones (excluding diaryl/α,β-unsaturated/α-hetero) is 1. The van der Waals surface area contributed by atoms with Gasteiger partial charge in [0.05, 0.1) is 5.54 Å². The first-order valence-corrected chi connectivity index (χ1v) is 5.60. The molecule has 0 saturated carbocycles. The van der Waals surface area contributed by atoms with Crippen molar-refractivity contribution >= 4 is 5.78 Å². The van der Waals surface area contributed by atoms with E-state index in [-0.39, 0.29) is 5.78 Å². The van der Waals surface area contributed by atoms with Gasteiger partial charge in [0.25, 0.3) is 0 Å². The predicted octanol–water partition coefficient (Wildman–Crippen LogP) is 2.45. The second-order valence-corrected chi connectivity index (χ2v) is 5.04. The molecule has 0 unspecified atom stereocenters. The monoisotopic (exact) mass is 219 g/mol. The van der Waals surface area contributed by atoms with Crippen molar-refractivity contribution in [1.29, 1.82) is 0 Å². The summed E-state index contributed by atoms with van der Waals surface area (Å²) in [5, 5.41) is 0. The Balaban J connectivity index is 2.79. The first kappa shape index (κ1) is 12.9. The molecular weight excluding hydrogens is 198 g/mol. The van der Waals surface area contributed by atoms with Crippen LogP contribution in [0.5, 0.6) is 0 Å². The van der Waals surface area contributed by atoms with E-state index in [1.807, 2.05) is 58.0 Å². The molecule has 0 aliphatic carbocycles. The van der Waals surface area contributed by atoms with Gasteiger partial charge in [-0.1, -0.05) is 29.8 Å². The Morgan fingerprint density at radius 3 is 2.44 bits per heavy atom. The molecule has 0 aliphatic rings. The molecule has 0 bridgehead atoms. The molecular formula is C14H21NO. The van der Waals surface area contributed by atoms with Crippen molar-refractivity contribution in [3.05, 3.63) is 35.4 Å². The molecule has 0 spiro atoms. The topological polar surface area (TPSA) is 20.3 Å². The molecule has 2 heteroatoms. The van der Waals surface area contributed by atoms with Gasteiger partial charge >= 0.3 is 0 Å². The number of ketones is 1. The van der Waals surface area contributed by atoms with Crippen molar-refractivity contribution in [2.75, 3.05) is 14.1 Å². The smallest absolute Gasteiger partial charge is 0.156 e. The zero-order valence-corrected chi connectivity index (χ0v) is 10.9. The normalized spacial score (nSPS) is 11.9. The summed E-state index contributed by atoms with van der Waals surface area (Å²) < 4.78 is 0. The van der Waals surface area contributed by atoms with E-state index < -0.39 is 5.54 Å². The number of aryl methyl sites for hydroxylation is 1. The van der Waals surface area contributed by atoms with Crippen LogP contribution in [0.2, 0.25) is 0 Å². The SMILES string of the molecule is Cc1cccc(CC(=O)C(C)(C)N(C)C)c1. The molecule has 0 radical (unpaired) electrons. The molecule has 0 atom stereocenters. The summed E-state index contributed by atoms with van der Waals surface area (Å²) in [4.78, 5) is 14.1. The van der Waals surface area contributed by atoms with E-state index in [1.54, 1.807) is 0 Å². The van der Waals surface area contributed by atoms with Gasteiger partial charge in [-0.2, -0.15) is 0 Å². The first-order valence-electron chi connectivity index (χ1n) is 5.60. The molecule has 0 aliphatic heterocycles. The van der Waals surface area contributed by atoms with Crippen LogP contribution in [0.15, 0.2) is 24.3 Å². The minimum Gasteiger partial charge on any atom is -0.298 e. The lowest BCUT2D eigenvalue weighted by Gasteiger charge is -2.30. The number of rotatable bonds is 4. The fraction of sp³-hybridized carbons (Fsp3) is 0.500. The maximum Gasteiger partial charge on any atom is 0.156 e. The summed E-state index contributed by atoms with van der Waals surface area (Å²) in [6.07, 6.45) is 0.507. The maximum absolute atomic E-state index is 12.1. The summed E-state index contributed by atoms with van der Waals surface area (Å²) in [7, 11) is 3.88. The van der Waals surface area contributed by atoms with Crippen molar-refractivity contribution in [3.8, 4) is 0 Å². The lowest BCUT2D eigenvalue weighted by molar-refractivity contribution is -0.127. The highest BCUT2D eigenvalue weighted by molar-refractivity contribution is 5.89. The van der Waals surface area contributed by atoms with Crippen LogP contribution in [0, 0.1) is 6.92 Å². The molecule has 0 aromatic heterocycles. The summed E-state index contributed by atoms with van der Waals surface area (Å²) in [5.41, 5.74) is 1.90. The van der Waals surface area contributed by atoms with Gasteiger partial charge < -0.3 is 0 Å². The van der Waals surface area contributed by atoms with E-state index >= 15 is 0 Å². The number of hydrogen-bond donors (Lipinski definition) is 0. The number of hydrogen-bond acceptors (Lipinski definition) is 2. The van der Waals surface area contributed by atoms with E-state index in [1.165, 1.54) is 5.56 Å². The highest BCUT2D eigenvalue weighted by Gasteiger charge is 2.29. The molecule has 0 fully saturated rings. The van der Waals surface area contributed by atoms with Gasteiger partial charge in [0.1, 0.15) is 0 Å². The van der Waals surface area contributed by atoms with Gasteiger partial charge in [-0.05, 0) is 40.4 Å². The standard InChI is InChI=1S/C14H21NO/c1-11-7-6-8-12(9-11)10-13(16)14(2,3)15(4)5/h6-9H,10H2,1-5H3. The summed E-state index contributed by atoms with van der Waals surface area (Å²) in [6.45, 7) is 5.97. The predicted molar refractivity (Wildman–Crippen MR) is 67.7 cm³/mol. The van der Waals surface area contributed by atoms with Gasteiger partial charge in [0, 0.05) is 6.42 Å². The molecule has 1 aromatic carbocycles. The van der Waals surface area contributed by atoms with Gasteiger partial charge in [0.15, 0.2) is 5.78 Å². The minimum absolute atomic E-state index is 0.253. The van der Waals surface area contributed by atoms with Gasteiger partial charge in [-0.15, -0.1) is 0 Å². The lowest BCUT2D eigenvalue weighted by atomic mass is 9.92. The Hall–Kier alpha value is -1.15. The van der Waals surface area contributed by atoms with E-state index in [0.29, 0.717) is 6.42 Å². The Kier molecular flexibility index (Phi) is 3.87. The van der Waals surface area contributed by atoms with E-state index in [0.717, 1.165) is 5.56 Å². The molecule has 0 amide bonds. The zero-order valence-electron chi connectivity index (χ0n) is 10.9. The second-order valence-electron chi connectivity index (χ2n) is 5.04. The fourth-order valence-corrected chi connectivity index (χ4v) is 1.47. The number of likely N-dealkylation sites (N-methyl/N-ethyl adjacent to an activating group) is 1. The first-order chi connectivity index (χ1) is 7.34. The summed E-state index contributed by atoms with van der Waals surface area (Å²) in [6, 6.07) is 8.13. The van der Waals surface area contributed by atoms with E-state index in [2.05, 4.69) is 6.07 Å². The number of nitrogens with zero attached hydrogens (tertiary/aromatic N) is 1. The quantitative estimate of drug-likeness (QED) is 0.775. The van der Waals surface area contributed by atoms with Crippen LogP contribution in [-0.2, 0) is 11.2 Å². The van der Waals surface area contributed by atoms with E-state index in [4.69, 9.17) is 0 Å². The number of carbonyl (C=O) groups is 1. The molecule has 0 saturated heterocycles. The second kappa shape index (κ2) is 4.79. The fourth-order valence-electron chi connectivity index (χ4n) is 1.47. The third-order valence-corrected chi connectivity index (χ3v) is 3.25. The van der Waals surface area contributed by atoms with Crippen LogP contribution in [0.4, 0.5) is 0 Å². The third-order valence-electron chi connectivity index (χ3n) is 3.25. The van der Waals surface area contributed by atoms with Crippen LogP contribution in [-0.4, -0.2) is 30.3 Å². The van der Waals surface area contributed by atoms with Crippen LogP contribution >= 0.6 is 0 Å². The van der Waals surface area contributed by atoms with Crippen LogP contribution in [0.25, 0.3) is 0 Å². The molecule has 0 heterocycles. The highest BCUT2D eigenvalue weighted by atomic mass is 16.1. The van der Waals surface area contributed by atoms with E-state index in [9.17, 15) is 4.79 Å². The largest absolute Gasteiger partial charge is 0.298 e. The van der Waals surface area contributed by atoms with Crippen LogP contribution in [0.1, 0.15) is 25.0 Å². The average Bonchev–Trinajstić information content (AvgIpc) is 2.17. The third kappa shape index (κ3) is 2.92. The average molecular weight is 219 g/mol. The molecule has 1 aromatic rings. The van der Waals surface area contributed by atoms with Crippen LogP contribution in [0.3, 0.4) is 0 Å². The van der Waals surface area contributed by atoms with Gasteiger partial charge in [-0.3, -0.25) is 9.69 Å².